The van der Waals surface area contributed by atoms with Gasteiger partial charge in [-0.25, -0.2) is 0 Å². The van der Waals surface area contributed by atoms with Crippen LogP contribution in [0.4, 0.5) is 0 Å². The summed E-state index contributed by atoms with van der Waals surface area (Å²) in [4.78, 5) is 5.52. The number of benzene rings is 1. The van der Waals surface area contributed by atoms with Crippen molar-refractivity contribution in [1.82, 2.24) is 0 Å². The largest absolute Gasteiger partial charge is 0.497 e. The Balaban J connectivity index is 2.26. The number of alkyl halides is 1. The van der Waals surface area contributed by atoms with Gasteiger partial charge in [-0.15, -0.1) is 0 Å². The van der Waals surface area contributed by atoms with Crippen molar-refractivity contribution >= 4 is 21.6 Å². The number of ether oxygens (including phenoxy) is 2. The summed E-state index contributed by atoms with van der Waals surface area (Å²) in [7, 11) is 1.67. The number of nitrogens with zero attached hydrogens (tertiary/aromatic N) is 1. The van der Waals surface area contributed by atoms with Gasteiger partial charge in [-0.2, -0.15) is 0 Å². The first-order valence-electron chi connectivity index (χ1n) is 6.70. The average molecular weight is 342 g/mol. The SMILES string of the molecule is CCO[C@@]1(C)C[C@H](c2ccc(OC)cc2)C(CBr)=NO1. The molecule has 0 radical (unpaired) electrons. The number of oxime groups is 1. The highest BCUT2D eigenvalue weighted by molar-refractivity contribution is 9.09. The van der Waals surface area contributed by atoms with Crippen LogP contribution in [0.25, 0.3) is 0 Å². The molecule has 0 aliphatic carbocycles. The van der Waals surface area contributed by atoms with E-state index in [0.717, 1.165) is 17.9 Å². The van der Waals surface area contributed by atoms with Crippen LogP contribution in [0.5, 0.6) is 5.75 Å². The Morgan fingerprint density at radius 3 is 2.65 bits per heavy atom. The third kappa shape index (κ3) is 3.33. The number of methoxy groups -OCH3 is 1. The van der Waals surface area contributed by atoms with E-state index in [1.165, 1.54) is 5.56 Å². The predicted molar refractivity (Wildman–Crippen MR) is 82.7 cm³/mol. The smallest absolute Gasteiger partial charge is 0.234 e. The molecule has 1 aliphatic heterocycles. The Morgan fingerprint density at radius 2 is 2.10 bits per heavy atom. The van der Waals surface area contributed by atoms with E-state index >= 15 is 0 Å². The lowest BCUT2D eigenvalue weighted by molar-refractivity contribution is -0.233. The van der Waals surface area contributed by atoms with Crippen LogP contribution in [0.1, 0.15) is 31.7 Å². The van der Waals surface area contributed by atoms with Crippen LogP contribution < -0.4 is 4.74 Å². The first-order chi connectivity index (χ1) is 9.61. The summed E-state index contributed by atoms with van der Waals surface area (Å²) in [5.74, 6) is 0.377. The number of hydrogen-bond donors (Lipinski definition) is 0. The van der Waals surface area contributed by atoms with Crippen molar-refractivity contribution in [1.29, 1.82) is 0 Å². The monoisotopic (exact) mass is 341 g/mol. The first kappa shape index (κ1) is 15.3. The minimum atomic E-state index is -0.662. The fourth-order valence-corrected chi connectivity index (χ4v) is 2.89. The zero-order valence-corrected chi connectivity index (χ0v) is 13.6. The van der Waals surface area contributed by atoms with Gasteiger partial charge >= 0.3 is 0 Å². The Labute approximate surface area is 128 Å². The van der Waals surface area contributed by atoms with Gasteiger partial charge in [-0.1, -0.05) is 33.2 Å². The molecule has 0 fully saturated rings. The molecule has 0 saturated heterocycles. The number of hydrogen-bond acceptors (Lipinski definition) is 4. The molecule has 2 atom stereocenters. The van der Waals surface area contributed by atoms with Crippen molar-refractivity contribution in [3.63, 3.8) is 0 Å². The molecule has 0 spiro atoms. The van der Waals surface area contributed by atoms with Gasteiger partial charge in [-0.05, 0) is 24.6 Å². The fraction of sp³-hybridized carbons (Fsp3) is 0.533. The van der Waals surface area contributed by atoms with Crippen molar-refractivity contribution in [2.24, 2.45) is 5.16 Å². The standard InChI is InChI=1S/C15H20BrNO3/c1-4-19-15(2)9-13(14(10-16)17-20-15)11-5-7-12(18-3)8-6-11/h5-8,13H,4,9-10H2,1-3H3/t13-,15-/m1/s1. The summed E-state index contributed by atoms with van der Waals surface area (Å²) in [6.45, 7) is 4.49. The van der Waals surface area contributed by atoms with E-state index in [-0.39, 0.29) is 5.92 Å². The summed E-state index contributed by atoms with van der Waals surface area (Å²) >= 11 is 3.48. The Kier molecular flexibility index (Phi) is 5.05. The van der Waals surface area contributed by atoms with Crippen molar-refractivity contribution in [3.8, 4) is 5.75 Å². The maximum atomic E-state index is 5.69. The first-order valence-corrected chi connectivity index (χ1v) is 7.83. The zero-order valence-electron chi connectivity index (χ0n) is 12.1. The fourth-order valence-electron chi connectivity index (χ4n) is 2.40. The maximum Gasteiger partial charge on any atom is 0.234 e. The van der Waals surface area contributed by atoms with E-state index in [2.05, 4.69) is 33.2 Å². The van der Waals surface area contributed by atoms with Crippen LogP contribution in [-0.4, -0.2) is 30.5 Å². The molecule has 4 nitrogen and oxygen atoms in total. The topological polar surface area (TPSA) is 40.0 Å². The van der Waals surface area contributed by atoms with Crippen LogP contribution >= 0.6 is 15.9 Å². The highest BCUT2D eigenvalue weighted by atomic mass is 79.9. The van der Waals surface area contributed by atoms with Gasteiger partial charge in [0, 0.05) is 31.2 Å². The Hall–Kier alpha value is -1.07. The molecule has 20 heavy (non-hydrogen) atoms. The highest BCUT2D eigenvalue weighted by Crippen LogP contribution is 2.36. The van der Waals surface area contributed by atoms with Crippen LogP contribution in [-0.2, 0) is 9.57 Å². The molecule has 0 saturated carbocycles. The summed E-state index contributed by atoms with van der Waals surface area (Å²) in [6, 6.07) is 8.07. The third-order valence-electron chi connectivity index (χ3n) is 3.44. The van der Waals surface area contributed by atoms with Crippen LogP contribution in [0.3, 0.4) is 0 Å². The second-order valence-corrected chi connectivity index (χ2v) is 5.46. The van der Waals surface area contributed by atoms with Gasteiger partial charge in [0.15, 0.2) is 0 Å². The van der Waals surface area contributed by atoms with Gasteiger partial charge in [0.2, 0.25) is 5.79 Å². The molecule has 0 aromatic heterocycles. The minimum absolute atomic E-state index is 0.186. The van der Waals surface area contributed by atoms with Gasteiger partial charge in [0.25, 0.3) is 0 Å². The summed E-state index contributed by atoms with van der Waals surface area (Å²) in [5, 5.41) is 4.92. The highest BCUT2D eigenvalue weighted by Gasteiger charge is 2.38. The molecular weight excluding hydrogens is 322 g/mol. The Morgan fingerprint density at radius 1 is 1.40 bits per heavy atom. The Bertz CT molecular complexity index is 475. The van der Waals surface area contributed by atoms with Gasteiger partial charge in [0.1, 0.15) is 5.75 Å². The average Bonchev–Trinajstić information content (AvgIpc) is 2.47. The minimum Gasteiger partial charge on any atom is -0.497 e. The molecule has 110 valence electrons. The van der Waals surface area contributed by atoms with Crippen molar-refractivity contribution in [3.05, 3.63) is 29.8 Å². The summed E-state index contributed by atoms with van der Waals surface area (Å²) < 4.78 is 10.9. The molecule has 1 aromatic carbocycles. The van der Waals surface area contributed by atoms with E-state index in [0.29, 0.717) is 11.9 Å². The molecule has 1 heterocycles. The van der Waals surface area contributed by atoms with E-state index in [4.69, 9.17) is 14.3 Å². The lowest BCUT2D eigenvalue weighted by Gasteiger charge is -2.35. The second-order valence-electron chi connectivity index (χ2n) is 4.90. The second kappa shape index (κ2) is 6.59. The molecule has 0 unspecified atom stereocenters. The van der Waals surface area contributed by atoms with Crippen molar-refractivity contribution in [2.75, 3.05) is 19.0 Å². The molecule has 0 amide bonds. The van der Waals surface area contributed by atoms with Gasteiger partial charge < -0.3 is 14.3 Å². The van der Waals surface area contributed by atoms with E-state index in [1.807, 2.05) is 26.0 Å². The van der Waals surface area contributed by atoms with Crippen LogP contribution in [0, 0.1) is 0 Å². The lowest BCUT2D eigenvalue weighted by atomic mass is 9.87. The van der Waals surface area contributed by atoms with Crippen molar-refractivity contribution in [2.45, 2.75) is 32.0 Å². The maximum absolute atomic E-state index is 5.69. The van der Waals surface area contributed by atoms with E-state index < -0.39 is 5.79 Å². The predicted octanol–water partition coefficient (Wildman–Crippen LogP) is 3.70. The molecule has 2 rings (SSSR count). The number of rotatable bonds is 5. The quantitative estimate of drug-likeness (QED) is 0.766. The third-order valence-corrected chi connectivity index (χ3v) is 4.01. The van der Waals surface area contributed by atoms with Crippen LogP contribution in [0.2, 0.25) is 0 Å². The summed E-state index contributed by atoms with van der Waals surface area (Å²) in [6.07, 6.45) is 0.748. The lowest BCUT2D eigenvalue weighted by Crippen LogP contribution is -2.39. The molecule has 5 heteroatoms. The van der Waals surface area contributed by atoms with Crippen molar-refractivity contribution < 1.29 is 14.3 Å². The normalized spacial score (nSPS) is 25.8. The van der Waals surface area contributed by atoms with Crippen LogP contribution in [0.15, 0.2) is 29.4 Å². The zero-order chi connectivity index (χ0) is 14.6. The van der Waals surface area contributed by atoms with Gasteiger partial charge in [-0.3, -0.25) is 0 Å². The van der Waals surface area contributed by atoms with E-state index in [9.17, 15) is 0 Å². The number of halogens is 1. The molecule has 1 aromatic rings. The molecule has 1 aliphatic rings. The molecular formula is C15H20BrNO3. The molecule has 0 bridgehead atoms. The summed E-state index contributed by atoms with van der Waals surface area (Å²) in [5.41, 5.74) is 2.17. The van der Waals surface area contributed by atoms with E-state index in [1.54, 1.807) is 7.11 Å². The molecule has 0 N–H and O–H groups in total. The van der Waals surface area contributed by atoms with Gasteiger partial charge in [0.05, 0.1) is 12.8 Å².